The van der Waals surface area contributed by atoms with Crippen molar-refractivity contribution >= 4 is 30.0 Å². The molecule has 0 unspecified atom stereocenters. The van der Waals surface area contributed by atoms with Crippen molar-refractivity contribution in [3.63, 3.8) is 0 Å². The predicted octanol–water partition coefficient (Wildman–Crippen LogP) is 6.10. The lowest BCUT2D eigenvalue weighted by atomic mass is 10.1. The van der Waals surface area contributed by atoms with Crippen LogP contribution in [0.1, 0.15) is 36.4 Å². The summed E-state index contributed by atoms with van der Waals surface area (Å²) in [6.07, 6.45) is 3.74. The van der Waals surface area contributed by atoms with Gasteiger partial charge in [0, 0.05) is 27.9 Å². The highest BCUT2D eigenvalue weighted by atomic mass is 19.2. The fourth-order valence-electron chi connectivity index (χ4n) is 4.01. The van der Waals surface area contributed by atoms with Gasteiger partial charge >= 0.3 is 7.40 Å². The van der Waals surface area contributed by atoms with E-state index in [-0.39, 0.29) is 0 Å². The first-order valence-electron chi connectivity index (χ1n) is 9.31. The molecule has 0 fully saturated rings. The lowest BCUT2D eigenvalue weighted by Gasteiger charge is -2.09. The molecule has 0 saturated heterocycles. The van der Waals surface area contributed by atoms with Crippen LogP contribution in [0.3, 0.4) is 0 Å². The number of rotatable bonds is 3. The van der Waals surface area contributed by atoms with Gasteiger partial charge in [0.15, 0.2) is 0 Å². The molecule has 142 valence electrons. The van der Waals surface area contributed by atoms with Crippen LogP contribution in [0.2, 0.25) is 0 Å². The number of hydrogen-bond acceptors (Lipinski definition) is 1. The third-order valence-corrected chi connectivity index (χ3v) is 5.19. The van der Waals surface area contributed by atoms with Crippen LogP contribution in [-0.4, -0.2) is 22.6 Å². The molecule has 0 spiro atoms. The van der Waals surface area contributed by atoms with E-state index in [0.29, 0.717) is 11.4 Å². The predicted molar refractivity (Wildman–Crippen MR) is 114 cm³/mol. The molecule has 1 aliphatic rings. The van der Waals surface area contributed by atoms with Gasteiger partial charge in [0.25, 0.3) is 0 Å². The van der Waals surface area contributed by atoms with Crippen LogP contribution in [0.25, 0.3) is 28.2 Å². The average molecular weight is 377 g/mol. The van der Waals surface area contributed by atoms with Gasteiger partial charge in [-0.2, -0.15) is 0 Å². The molecule has 1 N–H and O–H groups in total. The number of aryl methyl sites for hydroxylation is 3. The number of aromatic amines is 1. The van der Waals surface area contributed by atoms with Crippen LogP contribution < -0.4 is 0 Å². The minimum atomic E-state index is -2.67. The first-order chi connectivity index (χ1) is 13.3. The van der Waals surface area contributed by atoms with E-state index in [1.165, 1.54) is 0 Å². The molecule has 4 rings (SSSR count). The highest BCUT2D eigenvalue weighted by Crippen LogP contribution is 2.38. The monoisotopic (exact) mass is 377 g/mol. The van der Waals surface area contributed by atoms with Crippen LogP contribution in [0.4, 0.5) is 8.63 Å². The smallest absolute Gasteiger partial charge is 0.357 e. The lowest BCUT2D eigenvalue weighted by molar-refractivity contribution is 0.630. The summed E-state index contributed by atoms with van der Waals surface area (Å²) in [6, 6.07) is 7.85. The Labute approximate surface area is 163 Å². The summed E-state index contributed by atoms with van der Waals surface area (Å²) in [5.74, 6) is 0. The maximum Gasteiger partial charge on any atom is 0.678 e. The molecule has 3 nitrogen and oxygen atoms in total. The number of halogens is 2. The fourth-order valence-corrected chi connectivity index (χ4v) is 4.01. The molecule has 0 saturated carbocycles. The van der Waals surface area contributed by atoms with Crippen molar-refractivity contribution in [2.24, 2.45) is 4.99 Å². The molecular formula is C22H22BF2N3. The van der Waals surface area contributed by atoms with Crippen molar-refractivity contribution in [2.75, 3.05) is 0 Å². The quantitative estimate of drug-likeness (QED) is 0.536. The van der Waals surface area contributed by atoms with Gasteiger partial charge in [-0.15, -0.1) is 0 Å². The van der Waals surface area contributed by atoms with E-state index in [2.05, 4.69) is 9.98 Å². The Morgan fingerprint density at radius 1 is 1.04 bits per heavy atom. The van der Waals surface area contributed by atoms with E-state index >= 15 is 0 Å². The second kappa shape index (κ2) is 6.62. The molecule has 1 aromatic carbocycles. The first kappa shape index (κ1) is 18.5. The molecule has 3 aromatic rings. The van der Waals surface area contributed by atoms with Crippen molar-refractivity contribution in [3.05, 3.63) is 64.1 Å². The molecular weight excluding hydrogens is 355 g/mol. The van der Waals surface area contributed by atoms with Crippen molar-refractivity contribution < 1.29 is 8.63 Å². The molecule has 0 atom stereocenters. The largest absolute Gasteiger partial charge is 0.678 e. The Morgan fingerprint density at radius 3 is 2.36 bits per heavy atom. The van der Waals surface area contributed by atoms with Crippen LogP contribution in [0, 0.1) is 20.8 Å². The Bertz CT molecular complexity index is 1190. The fraction of sp³-hybridized carbons (Fsp3) is 0.227. The Balaban J connectivity index is 2.11. The van der Waals surface area contributed by atoms with Gasteiger partial charge in [-0.3, -0.25) is 13.6 Å². The standard InChI is InChI=1S/C22H22BF2N3/c1-12-6-7-17-18(8-12)22(21-14(3)10-16(5)27-21)28(23(24)25)20(17)11-19-13(2)9-15(4)26-19/h6-11,27H,1-5H3/b19-11+. The number of benzene rings is 1. The van der Waals surface area contributed by atoms with Gasteiger partial charge in [-0.25, -0.2) is 0 Å². The highest BCUT2D eigenvalue weighted by molar-refractivity contribution is 6.43. The van der Waals surface area contributed by atoms with Gasteiger partial charge in [0.2, 0.25) is 0 Å². The van der Waals surface area contributed by atoms with E-state index in [1.807, 2.05) is 65.0 Å². The van der Waals surface area contributed by atoms with Crippen LogP contribution >= 0.6 is 0 Å². The molecule has 0 bridgehead atoms. The Kier molecular flexibility index (Phi) is 4.37. The average Bonchev–Trinajstić information content (AvgIpc) is 3.21. The Hall–Kier alpha value is -2.89. The molecule has 0 aliphatic carbocycles. The molecule has 6 heteroatoms. The Morgan fingerprint density at radius 2 is 1.79 bits per heavy atom. The summed E-state index contributed by atoms with van der Waals surface area (Å²) >= 11 is 0. The van der Waals surface area contributed by atoms with Gasteiger partial charge in [-0.05, 0) is 70.0 Å². The molecule has 28 heavy (non-hydrogen) atoms. The molecule has 2 aromatic heterocycles. The van der Waals surface area contributed by atoms with Crippen molar-refractivity contribution in [2.45, 2.75) is 34.6 Å². The van der Waals surface area contributed by atoms with Gasteiger partial charge in [-0.1, -0.05) is 17.7 Å². The first-order valence-corrected chi connectivity index (χ1v) is 9.31. The molecule has 0 radical (unpaired) electrons. The zero-order valence-corrected chi connectivity index (χ0v) is 16.7. The van der Waals surface area contributed by atoms with Gasteiger partial charge < -0.3 is 9.46 Å². The summed E-state index contributed by atoms with van der Waals surface area (Å²) in [6.45, 7) is 9.72. The number of nitrogens with one attached hydrogen (secondary N) is 1. The maximum absolute atomic E-state index is 14.4. The number of nitrogens with zero attached hydrogens (tertiary/aromatic N) is 2. The van der Waals surface area contributed by atoms with Crippen molar-refractivity contribution in [3.8, 4) is 11.4 Å². The minimum Gasteiger partial charge on any atom is -0.357 e. The second-order valence-corrected chi connectivity index (χ2v) is 7.55. The third-order valence-electron chi connectivity index (χ3n) is 5.19. The van der Waals surface area contributed by atoms with Crippen molar-refractivity contribution in [1.82, 2.24) is 9.46 Å². The summed E-state index contributed by atoms with van der Waals surface area (Å²) in [4.78, 5) is 7.79. The topological polar surface area (TPSA) is 33.1 Å². The SMILES string of the molecule is CC1=CC(C)=N/C1=C/c1c2ccc(C)cc2c(-c2[nH]c(C)cc2C)n1B(F)F. The number of H-pyrrole nitrogens is 1. The van der Waals surface area contributed by atoms with Gasteiger partial charge in [0.1, 0.15) is 0 Å². The zero-order valence-electron chi connectivity index (χ0n) is 16.7. The van der Waals surface area contributed by atoms with E-state index in [1.54, 1.807) is 6.08 Å². The minimum absolute atomic E-state index is 0.479. The normalized spacial score (nSPS) is 15.5. The van der Waals surface area contributed by atoms with Gasteiger partial charge in [0.05, 0.1) is 17.1 Å². The van der Waals surface area contributed by atoms with Crippen LogP contribution in [0.5, 0.6) is 0 Å². The summed E-state index contributed by atoms with van der Waals surface area (Å²) in [5.41, 5.74) is 7.26. The molecule has 3 heterocycles. The summed E-state index contributed by atoms with van der Waals surface area (Å²) < 4.78 is 29.9. The van der Waals surface area contributed by atoms with Crippen LogP contribution in [0.15, 0.2) is 46.6 Å². The lowest BCUT2D eigenvalue weighted by Crippen LogP contribution is -2.16. The number of fused-ring (bicyclic) bond motifs is 1. The van der Waals surface area contributed by atoms with E-state index in [0.717, 1.165) is 54.7 Å². The molecule has 1 aliphatic heterocycles. The van der Waals surface area contributed by atoms with Crippen LogP contribution in [-0.2, 0) is 0 Å². The number of allylic oxidation sites excluding steroid dienone is 2. The summed E-state index contributed by atoms with van der Waals surface area (Å²) in [5, 5.41) is 1.62. The van der Waals surface area contributed by atoms with E-state index in [4.69, 9.17) is 0 Å². The number of hydrogen-bond donors (Lipinski definition) is 1. The molecule has 0 amide bonds. The number of aliphatic imine (C=N–C) groups is 1. The third kappa shape index (κ3) is 2.93. The summed E-state index contributed by atoms with van der Waals surface area (Å²) in [7, 11) is -2.67. The number of aromatic nitrogens is 2. The second-order valence-electron chi connectivity index (χ2n) is 7.55. The van der Waals surface area contributed by atoms with E-state index in [9.17, 15) is 8.63 Å². The van der Waals surface area contributed by atoms with Crippen molar-refractivity contribution in [1.29, 1.82) is 0 Å². The zero-order chi connectivity index (χ0) is 20.2. The highest BCUT2D eigenvalue weighted by Gasteiger charge is 2.29. The van der Waals surface area contributed by atoms with E-state index < -0.39 is 7.40 Å². The maximum atomic E-state index is 14.4.